The smallest absolute Gasteiger partial charge is 0.262 e. The largest absolute Gasteiger partial charge is 0.493 e. The Morgan fingerprint density at radius 1 is 1.24 bits per heavy atom. The molecule has 1 aromatic carbocycles. The number of nitrogens with one attached hydrogen (secondary N) is 1. The highest BCUT2D eigenvalue weighted by molar-refractivity contribution is 7.08. The van der Waals surface area contributed by atoms with Crippen molar-refractivity contribution in [3.05, 3.63) is 56.0 Å². The van der Waals surface area contributed by atoms with Crippen molar-refractivity contribution in [3.8, 4) is 28.4 Å². The molecular weight excluding hydrogens is 308 g/mol. The fraction of sp³-hybridized carbons (Fsp3) is 0.0667. The van der Waals surface area contributed by atoms with Crippen LogP contribution in [-0.2, 0) is 0 Å². The number of benzene rings is 1. The second-order valence-corrected chi connectivity index (χ2v) is 5.77. The minimum absolute atomic E-state index is 0.142. The number of thiophene rings is 1. The molecule has 0 fully saturated rings. The van der Waals surface area contributed by atoms with E-state index in [1.165, 1.54) is 11.3 Å². The van der Waals surface area contributed by atoms with Crippen molar-refractivity contribution in [1.29, 1.82) is 0 Å². The van der Waals surface area contributed by atoms with E-state index in [-0.39, 0.29) is 17.0 Å². The van der Waals surface area contributed by atoms with Crippen molar-refractivity contribution < 1.29 is 5.11 Å². The molecule has 0 bridgehead atoms. The fourth-order valence-electron chi connectivity index (χ4n) is 2.07. The number of rotatable bonds is 2. The number of aromatic hydroxyl groups is 1. The summed E-state index contributed by atoms with van der Waals surface area (Å²) in [5.74, 6) is 0.0793. The van der Waals surface area contributed by atoms with Gasteiger partial charge in [-0.15, -0.1) is 0 Å². The Morgan fingerprint density at radius 2 is 1.95 bits per heavy atom. The van der Waals surface area contributed by atoms with E-state index in [1.54, 1.807) is 24.3 Å². The van der Waals surface area contributed by atoms with E-state index in [0.717, 1.165) is 11.1 Å². The number of H-pyrrole nitrogens is 1. The molecule has 0 saturated carbocycles. The molecule has 0 aliphatic carbocycles. The average molecular weight is 319 g/mol. The van der Waals surface area contributed by atoms with Gasteiger partial charge in [-0.2, -0.15) is 16.3 Å². The lowest BCUT2D eigenvalue weighted by Gasteiger charge is -2.06. The molecule has 0 unspecified atom stereocenters. The summed E-state index contributed by atoms with van der Waals surface area (Å²) in [7, 11) is 0. The van der Waals surface area contributed by atoms with Crippen LogP contribution in [0.3, 0.4) is 0 Å². The predicted molar refractivity (Wildman–Crippen MR) is 85.0 cm³/mol. The lowest BCUT2D eigenvalue weighted by atomic mass is 10.1. The van der Waals surface area contributed by atoms with Crippen molar-refractivity contribution in [2.24, 2.45) is 0 Å². The number of nitrogens with zero attached hydrogens (tertiary/aromatic N) is 1. The number of hydrogen-bond acceptors (Lipinski definition) is 4. The molecule has 0 saturated heterocycles. The van der Waals surface area contributed by atoms with Crippen LogP contribution >= 0.6 is 22.9 Å². The molecule has 3 aromatic rings. The highest BCUT2D eigenvalue weighted by atomic mass is 35.5. The molecule has 2 aromatic heterocycles. The Labute approximate surface area is 129 Å². The lowest BCUT2D eigenvalue weighted by Crippen LogP contribution is -2.12. The summed E-state index contributed by atoms with van der Waals surface area (Å²) < 4.78 is 0. The molecule has 6 heteroatoms. The van der Waals surface area contributed by atoms with Gasteiger partial charge in [0.25, 0.3) is 5.56 Å². The topological polar surface area (TPSA) is 66.0 Å². The molecule has 0 radical (unpaired) electrons. The van der Waals surface area contributed by atoms with Gasteiger partial charge in [-0.25, -0.2) is 0 Å². The monoisotopic (exact) mass is 318 g/mol. The maximum atomic E-state index is 12.3. The SMILES string of the molecule is Cc1cscc1-c1nc(O)c(-c2ccc(Cl)cc2)c(=O)[nH]1. The molecule has 4 nitrogen and oxygen atoms in total. The van der Waals surface area contributed by atoms with Crippen molar-refractivity contribution >= 4 is 22.9 Å². The zero-order valence-corrected chi connectivity index (χ0v) is 12.6. The van der Waals surface area contributed by atoms with Crippen LogP contribution in [0.2, 0.25) is 5.02 Å². The van der Waals surface area contributed by atoms with Crippen molar-refractivity contribution in [2.75, 3.05) is 0 Å². The normalized spacial score (nSPS) is 10.8. The Morgan fingerprint density at radius 3 is 2.52 bits per heavy atom. The van der Waals surface area contributed by atoms with Gasteiger partial charge in [0, 0.05) is 16.0 Å². The van der Waals surface area contributed by atoms with Crippen LogP contribution in [0.5, 0.6) is 5.88 Å². The van der Waals surface area contributed by atoms with E-state index in [1.807, 2.05) is 17.7 Å². The number of hydrogen-bond donors (Lipinski definition) is 2. The highest BCUT2D eigenvalue weighted by Crippen LogP contribution is 2.28. The Kier molecular flexibility index (Phi) is 3.53. The average Bonchev–Trinajstić information content (AvgIpc) is 2.86. The summed E-state index contributed by atoms with van der Waals surface area (Å²) in [5, 5.41) is 14.5. The number of aryl methyl sites for hydroxylation is 1. The maximum absolute atomic E-state index is 12.3. The van der Waals surface area contributed by atoms with Gasteiger partial charge in [0.1, 0.15) is 11.4 Å². The highest BCUT2D eigenvalue weighted by Gasteiger charge is 2.15. The Hall–Kier alpha value is -2.11. The number of aromatic amines is 1. The van der Waals surface area contributed by atoms with Crippen LogP contribution in [0, 0.1) is 6.92 Å². The van der Waals surface area contributed by atoms with Gasteiger partial charge in [0.15, 0.2) is 0 Å². The van der Waals surface area contributed by atoms with Crippen LogP contribution in [0.25, 0.3) is 22.5 Å². The summed E-state index contributed by atoms with van der Waals surface area (Å²) >= 11 is 7.34. The van der Waals surface area contributed by atoms with E-state index >= 15 is 0 Å². The second-order valence-electron chi connectivity index (χ2n) is 4.59. The van der Waals surface area contributed by atoms with Crippen molar-refractivity contribution in [3.63, 3.8) is 0 Å². The molecule has 0 amide bonds. The Balaban J connectivity index is 2.15. The molecular formula is C15H11ClN2O2S. The first-order valence-corrected chi connectivity index (χ1v) is 7.50. The summed E-state index contributed by atoms with van der Waals surface area (Å²) in [4.78, 5) is 19.1. The van der Waals surface area contributed by atoms with Crippen LogP contribution in [0.1, 0.15) is 5.56 Å². The third-order valence-electron chi connectivity index (χ3n) is 3.14. The number of aromatic nitrogens is 2. The van der Waals surface area contributed by atoms with Gasteiger partial charge in [-0.05, 0) is 35.6 Å². The van der Waals surface area contributed by atoms with Crippen LogP contribution in [-0.4, -0.2) is 15.1 Å². The predicted octanol–water partition coefficient (Wildman–Crippen LogP) is 3.83. The van der Waals surface area contributed by atoms with Crippen molar-refractivity contribution in [1.82, 2.24) is 9.97 Å². The lowest BCUT2D eigenvalue weighted by molar-refractivity contribution is 0.454. The molecule has 2 heterocycles. The minimum atomic E-state index is -0.384. The summed E-state index contributed by atoms with van der Waals surface area (Å²) in [6.07, 6.45) is 0. The molecule has 106 valence electrons. The molecule has 0 spiro atoms. The summed E-state index contributed by atoms with van der Waals surface area (Å²) in [6.45, 7) is 1.93. The first-order valence-electron chi connectivity index (χ1n) is 6.18. The molecule has 0 aliphatic heterocycles. The van der Waals surface area contributed by atoms with E-state index in [9.17, 15) is 9.90 Å². The van der Waals surface area contributed by atoms with E-state index in [2.05, 4.69) is 9.97 Å². The standard InChI is InChI=1S/C15H11ClN2O2S/c1-8-6-21-7-11(8)13-17-14(19)12(15(20)18-13)9-2-4-10(16)5-3-9/h2-7H,1H3,(H2,17,18,19,20). The minimum Gasteiger partial charge on any atom is -0.493 e. The first kappa shape index (κ1) is 13.9. The molecule has 0 aliphatic rings. The molecule has 0 atom stereocenters. The van der Waals surface area contributed by atoms with Crippen LogP contribution < -0.4 is 5.56 Å². The van der Waals surface area contributed by atoms with Gasteiger partial charge in [-0.1, -0.05) is 23.7 Å². The van der Waals surface area contributed by atoms with Crippen molar-refractivity contribution in [2.45, 2.75) is 6.92 Å². The van der Waals surface area contributed by atoms with Gasteiger partial charge in [0.2, 0.25) is 5.88 Å². The maximum Gasteiger partial charge on any atom is 0.262 e. The Bertz CT molecular complexity index is 853. The van der Waals surface area contributed by atoms with E-state index in [0.29, 0.717) is 16.4 Å². The molecule has 2 N–H and O–H groups in total. The van der Waals surface area contributed by atoms with Crippen LogP contribution in [0.4, 0.5) is 0 Å². The quantitative estimate of drug-likeness (QED) is 0.754. The summed E-state index contributed by atoms with van der Waals surface area (Å²) in [6, 6.07) is 6.66. The van der Waals surface area contributed by atoms with Gasteiger partial charge < -0.3 is 10.1 Å². The molecule has 21 heavy (non-hydrogen) atoms. The first-order chi connectivity index (χ1) is 10.1. The van der Waals surface area contributed by atoms with E-state index in [4.69, 9.17) is 11.6 Å². The molecule has 3 rings (SSSR count). The summed E-state index contributed by atoms with van der Waals surface area (Å²) in [5.41, 5.74) is 2.14. The van der Waals surface area contributed by atoms with Gasteiger partial charge in [-0.3, -0.25) is 4.79 Å². The third kappa shape index (κ3) is 2.57. The zero-order valence-electron chi connectivity index (χ0n) is 11.1. The van der Waals surface area contributed by atoms with E-state index < -0.39 is 0 Å². The third-order valence-corrected chi connectivity index (χ3v) is 4.26. The van der Waals surface area contributed by atoms with Crippen LogP contribution in [0.15, 0.2) is 39.8 Å². The second kappa shape index (κ2) is 5.35. The number of halogens is 1. The zero-order chi connectivity index (χ0) is 15.0. The van der Waals surface area contributed by atoms with Gasteiger partial charge >= 0.3 is 0 Å². The fourth-order valence-corrected chi connectivity index (χ4v) is 3.03. The van der Waals surface area contributed by atoms with Gasteiger partial charge in [0.05, 0.1) is 0 Å².